The molecule has 0 radical (unpaired) electrons. The quantitative estimate of drug-likeness (QED) is 0.700. The number of carboxylic acid groups (broad SMARTS) is 1. The molecule has 1 fully saturated rings. The van der Waals surface area contributed by atoms with Crippen LogP contribution in [-0.2, 0) is 9.59 Å². The zero-order valence-corrected chi connectivity index (χ0v) is 13.6. The highest BCUT2D eigenvalue weighted by Crippen LogP contribution is 2.38. The number of rotatable bonds is 6. The lowest BCUT2D eigenvalue weighted by molar-refractivity contribution is -0.146. The molecule has 4 unspecified atom stereocenters. The van der Waals surface area contributed by atoms with E-state index in [4.69, 9.17) is 0 Å². The third kappa shape index (κ3) is 5.65. The Balaban J connectivity index is 2.52. The summed E-state index contributed by atoms with van der Waals surface area (Å²) >= 11 is 0. The van der Waals surface area contributed by atoms with Gasteiger partial charge in [0.1, 0.15) is 0 Å². The molecule has 0 aromatic carbocycles. The first-order valence-corrected chi connectivity index (χ1v) is 7.82. The molecule has 5 nitrogen and oxygen atoms in total. The smallest absolute Gasteiger partial charge is 0.307 e. The Kier molecular flexibility index (Phi) is 6.20. The SMILES string of the molecule is CCC1CC(C(=O)O)C(C(=O)NCC(O)CC(C)(C)C)C1. The van der Waals surface area contributed by atoms with Gasteiger partial charge in [-0.15, -0.1) is 0 Å². The van der Waals surface area contributed by atoms with Crippen molar-refractivity contribution in [1.29, 1.82) is 0 Å². The Morgan fingerprint density at radius 3 is 2.29 bits per heavy atom. The molecule has 3 N–H and O–H groups in total. The molecular formula is C16H29NO4. The van der Waals surface area contributed by atoms with E-state index in [0.717, 1.165) is 6.42 Å². The number of aliphatic hydroxyl groups is 1. The predicted octanol–water partition coefficient (Wildman–Crippen LogP) is 2.04. The van der Waals surface area contributed by atoms with Crippen molar-refractivity contribution < 1.29 is 19.8 Å². The highest BCUT2D eigenvalue weighted by molar-refractivity contribution is 5.85. The maximum atomic E-state index is 12.2. The number of aliphatic hydroxyl groups excluding tert-OH is 1. The molecule has 0 aromatic rings. The number of amides is 1. The fourth-order valence-corrected chi connectivity index (χ4v) is 3.17. The molecule has 0 saturated heterocycles. The van der Waals surface area contributed by atoms with Crippen LogP contribution < -0.4 is 5.32 Å². The summed E-state index contributed by atoms with van der Waals surface area (Å²) < 4.78 is 0. The van der Waals surface area contributed by atoms with Gasteiger partial charge in [-0.1, -0.05) is 34.1 Å². The standard InChI is InChI=1S/C16H29NO4/c1-5-10-6-12(13(7-10)15(20)21)14(19)17-9-11(18)8-16(2,3)4/h10-13,18H,5-9H2,1-4H3,(H,17,19)(H,20,21). The van der Waals surface area contributed by atoms with E-state index < -0.39 is 23.9 Å². The molecule has 4 atom stereocenters. The van der Waals surface area contributed by atoms with Gasteiger partial charge < -0.3 is 15.5 Å². The Hall–Kier alpha value is -1.10. The summed E-state index contributed by atoms with van der Waals surface area (Å²) in [4.78, 5) is 23.5. The van der Waals surface area contributed by atoms with Gasteiger partial charge in [0.2, 0.25) is 5.91 Å². The predicted molar refractivity (Wildman–Crippen MR) is 80.7 cm³/mol. The van der Waals surface area contributed by atoms with Gasteiger partial charge in [0.05, 0.1) is 17.9 Å². The lowest BCUT2D eigenvalue weighted by atomic mass is 9.89. The number of hydrogen-bond acceptors (Lipinski definition) is 3. The van der Waals surface area contributed by atoms with E-state index in [1.54, 1.807) is 0 Å². The van der Waals surface area contributed by atoms with Gasteiger partial charge in [0.25, 0.3) is 0 Å². The van der Waals surface area contributed by atoms with Crippen LogP contribution >= 0.6 is 0 Å². The molecule has 0 bridgehead atoms. The van der Waals surface area contributed by atoms with E-state index in [1.165, 1.54) is 0 Å². The van der Waals surface area contributed by atoms with E-state index in [9.17, 15) is 19.8 Å². The Labute approximate surface area is 127 Å². The summed E-state index contributed by atoms with van der Waals surface area (Å²) in [7, 11) is 0. The van der Waals surface area contributed by atoms with Crippen molar-refractivity contribution in [2.24, 2.45) is 23.2 Å². The zero-order valence-electron chi connectivity index (χ0n) is 13.6. The summed E-state index contributed by atoms with van der Waals surface area (Å²) in [6.45, 7) is 8.30. The fourth-order valence-electron chi connectivity index (χ4n) is 3.17. The van der Waals surface area contributed by atoms with Gasteiger partial charge in [0, 0.05) is 6.54 Å². The highest BCUT2D eigenvalue weighted by atomic mass is 16.4. The van der Waals surface area contributed by atoms with Crippen LogP contribution in [0.2, 0.25) is 0 Å². The summed E-state index contributed by atoms with van der Waals surface area (Å²) in [5.74, 6) is -1.86. The van der Waals surface area contributed by atoms with Crippen LogP contribution in [0.3, 0.4) is 0 Å². The zero-order chi connectivity index (χ0) is 16.2. The van der Waals surface area contributed by atoms with Crippen LogP contribution in [0, 0.1) is 23.2 Å². The van der Waals surface area contributed by atoms with E-state index in [-0.39, 0.29) is 17.9 Å². The largest absolute Gasteiger partial charge is 0.481 e. The van der Waals surface area contributed by atoms with Crippen molar-refractivity contribution in [2.75, 3.05) is 6.54 Å². The summed E-state index contributed by atoms with van der Waals surface area (Å²) in [6, 6.07) is 0. The molecule has 0 spiro atoms. The minimum Gasteiger partial charge on any atom is -0.481 e. The molecular weight excluding hydrogens is 270 g/mol. The Morgan fingerprint density at radius 1 is 1.24 bits per heavy atom. The van der Waals surface area contributed by atoms with E-state index in [2.05, 4.69) is 5.32 Å². The van der Waals surface area contributed by atoms with Crippen molar-refractivity contribution >= 4 is 11.9 Å². The Morgan fingerprint density at radius 2 is 1.81 bits per heavy atom. The molecule has 0 aliphatic heterocycles. The van der Waals surface area contributed by atoms with Gasteiger partial charge in [-0.2, -0.15) is 0 Å². The van der Waals surface area contributed by atoms with Gasteiger partial charge in [-0.25, -0.2) is 0 Å². The molecule has 1 aliphatic rings. The number of aliphatic carboxylic acids is 1. The molecule has 1 aliphatic carbocycles. The van der Waals surface area contributed by atoms with Crippen molar-refractivity contribution in [3.05, 3.63) is 0 Å². The van der Waals surface area contributed by atoms with E-state index in [1.807, 2.05) is 27.7 Å². The normalized spacial score (nSPS) is 27.4. The van der Waals surface area contributed by atoms with Crippen LogP contribution in [0.25, 0.3) is 0 Å². The van der Waals surface area contributed by atoms with Crippen molar-refractivity contribution in [3.8, 4) is 0 Å². The van der Waals surface area contributed by atoms with Crippen molar-refractivity contribution in [3.63, 3.8) is 0 Å². The molecule has 5 heteroatoms. The molecule has 1 amide bonds. The number of carbonyl (C=O) groups is 2. The first-order valence-electron chi connectivity index (χ1n) is 7.82. The molecule has 1 saturated carbocycles. The lowest BCUT2D eigenvalue weighted by Gasteiger charge is -2.23. The number of hydrogen-bond donors (Lipinski definition) is 3. The summed E-state index contributed by atoms with van der Waals surface area (Å²) in [6.07, 6.45) is 2.11. The molecule has 1 rings (SSSR count). The molecule has 122 valence electrons. The molecule has 0 heterocycles. The fraction of sp³-hybridized carbons (Fsp3) is 0.875. The van der Waals surface area contributed by atoms with Crippen molar-refractivity contribution in [2.45, 2.75) is 59.5 Å². The first-order chi connectivity index (χ1) is 9.64. The van der Waals surface area contributed by atoms with Gasteiger partial charge in [-0.3, -0.25) is 9.59 Å². The van der Waals surface area contributed by atoms with Gasteiger partial charge in [-0.05, 0) is 30.6 Å². The van der Waals surface area contributed by atoms with Crippen LogP contribution in [-0.4, -0.2) is 34.7 Å². The number of nitrogens with one attached hydrogen (secondary N) is 1. The van der Waals surface area contributed by atoms with Crippen LogP contribution in [0.1, 0.15) is 53.4 Å². The summed E-state index contributed by atoms with van der Waals surface area (Å²) in [5, 5.41) is 21.9. The Bertz CT molecular complexity index is 375. The van der Waals surface area contributed by atoms with Crippen LogP contribution in [0.4, 0.5) is 0 Å². The third-order valence-electron chi connectivity index (χ3n) is 4.25. The van der Waals surface area contributed by atoms with E-state index in [0.29, 0.717) is 25.2 Å². The average molecular weight is 299 g/mol. The monoisotopic (exact) mass is 299 g/mol. The van der Waals surface area contributed by atoms with Crippen molar-refractivity contribution in [1.82, 2.24) is 5.32 Å². The molecule has 21 heavy (non-hydrogen) atoms. The third-order valence-corrected chi connectivity index (χ3v) is 4.25. The maximum absolute atomic E-state index is 12.2. The minimum atomic E-state index is -0.888. The summed E-state index contributed by atoms with van der Waals surface area (Å²) in [5.41, 5.74) is -0.00555. The van der Waals surface area contributed by atoms with Gasteiger partial charge in [0.15, 0.2) is 0 Å². The van der Waals surface area contributed by atoms with Crippen LogP contribution in [0.15, 0.2) is 0 Å². The lowest BCUT2D eigenvalue weighted by Crippen LogP contribution is -2.40. The second kappa shape index (κ2) is 7.25. The van der Waals surface area contributed by atoms with E-state index >= 15 is 0 Å². The highest BCUT2D eigenvalue weighted by Gasteiger charge is 2.42. The molecule has 0 aromatic heterocycles. The first kappa shape index (κ1) is 18.0. The number of carboxylic acids is 1. The maximum Gasteiger partial charge on any atom is 0.307 e. The van der Waals surface area contributed by atoms with Crippen LogP contribution in [0.5, 0.6) is 0 Å². The second-order valence-electron chi connectivity index (χ2n) is 7.46. The van der Waals surface area contributed by atoms with Gasteiger partial charge >= 0.3 is 5.97 Å². The average Bonchev–Trinajstić information content (AvgIpc) is 2.78. The number of carbonyl (C=O) groups excluding carboxylic acids is 1. The second-order valence-corrected chi connectivity index (χ2v) is 7.46. The topological polar surface area (TPSA) is 86.6 Å². The minimum absolute atomic E-state index is 0.00555.